The third-order valence-electron chi connectivity index (χ3n) is 8.12. The summed E-state index contributed by atoms with van der Waals surface area (Å²) in [6.07, 6.45) is -2.28. The van der Waals surface area contributed by atoms with Gasteiger partial charge < -0.3 is 23.4 Å². The minimum atomic E-state index is -4.54. The first-order chi connectivity index (χ1) is 16.4. The van der Waals surface area contributed by atoms with Gasteiger partial charge >= 0.3 is 18.1 Å². The Bertz CT molecular complexity index is 960. The van der Waals surface area contributed by atoms with Crippen LogP contribution in [0.1, 0.15) is 51.2 Å². The van der Waals surface area contributed by atoms with Crippen molar-refractivity contribution < 1.29 is 50.9 Å². The van der Waals surface area contributed by atoms with Crippen LogP contribution in [0.4, 0.5) is 13.2 Å². The van der Waals surface area contributed by atoms with Gasteiger partial charge in [0, 0.05) is 11.5 Å². The van der Waals surface area contributed by atoms with Crippen molar-refractivity contribution in [1.82, 2.24) is 0 Å². The molecule has 194 valence electrons. The number of ether oxygens (including phenoxy) is 4. The van der Waals surface area contributed by atoms with E-state index in [0.29, 0.717) is 24.8 Å². The first kappa shape index (κ1) is 25.7. The lowest BCUT2D eigenvalue weighted by molar-refractivity contribution is -0.222. The highest BCUT2D eigenvalue weighted by molar-refractivity contribution is 5.92. The molecule has 0 aromatic carbocycles. The van der Waals surface area contributed by atoms with Crippen molar-refractivity contribution >= 4 is 17.7 Å². The summed E-state index contributed by atoms with van der Waals surface area (Å²) in [6.45, 7) is 1.42. The number of furan rings is 1. The molecule has 1 aromatic rings. The molecule has 1 saturated heterocycles. The number of esters is 2. The predicted octanol–water partition coefficient (Wildman–Crippen LogP) is 3.99. The Labute approximate surface area is 200 Å². The third kappa shape index (κ3) is 4.60. The molecule has 3 fully saturated rings. The zero-order chi connectivity index (χ0) is 25.6. The minimum absolute atomic E-state index is 0.0375. The van der Waals surface area contributed by atoms with E-state index in [1.54, 1.807) is 6.07 Å². The molecule has 0 spiro atoms. The van der Waals surface area contributed by atoms with E-state index in [4.69, 9.17) is 18.6 Å². The molecule has 3 aliphatic rings. The largest absolute Gasteiger partial charge is 0.472 e. The van der Waals surface area contributed by atoms with E-state index in [2.05, 4.69) is 4.74 Å². The van der Waals surface area contributed by atoms with Gasteiger partial charge in [-0.2, -0.15) is 13.2 Å². The predicted molar refractivity (Wildman–Crippen MR) is 111 cm³/mol. The maximum atomic E-state index is 13.8. The summed E-state index contributed by atoms with van der Waals surface area (Å²) in [4.78, 5) is 39.8. The first-order valence-electron chi connectivity index (χ1n) is 11.5. The van der Waals surface area contributed by atoms with Crippen molar-refractivity contribution in [3.63, 3.8) is 0 Å². The number of carbonyl (C=O) groups is 3. The van der Waals surface area contributed by atoms with Gasteiger partial charge in [-0.25, -0.2) is 0 Å². The van der Waals surface area contributed by atoms with E-state index in [1.165, 1.54) is 19.6 Å². The van der Waals surface area contributed by atoms with Gasteiger partial charge in [-0.15, -0.1) is 0 Å². The molecule has 0 unspecified atom stereocenters. The molecule has 8 nitrogen and oxygen atoms in total. The summed E-state index contributed by atoms with van der Waals surface area (Å²) in [5.41, 5.74) is -1.06. The molecule has 1 aliphatic heterocycles. The lowest BCUT2D eigenvalue weighted by Gasteiger charge is -2.61. The number of halogens is 3. The zero-order valence-electron chi connectivity index (χ0n) is 19.8. The summed E-state index contributed by atoms with van der Waals surface area (Å²) in [5, 5.41) is 0. The van der Waals surface area contributed by atoms with Crippen molar-refractivity contribution in [2.45, 2.75) is 57.9 Å². The number of rotatable bonds is 6. The number of fused-ring (bicyclic) bond motifs is 3. The number of hydrogen-bond acceptors (Lipinski definition) is 8. The molecule has 0 amide bonds. The van der Waals surface area contributed by atoms with Crippen LogP contribution in [0.15, 0.2) is 23.0 Å². The van der Waals surface area contributed by atoms with E-state index in [0.717, 1.165) is 0 Å². The molecular weight excluding hydrogens is 473 g/mol. The van der Waals surface area contributed by atoms with Crippen molar-refractivity contribution in [3.05, 3.63) is 24.2 Å². The van der Waals surface area contributed by atoms with Crippen LogP contribution in [-0.2, 0) is 33.3 Å². The van der Waals surface area contributed by atoms with Gasteiger partial charge in [0.05, 0.1) is 31.5 Å². The van der Waals surface area contributed by atoms with Crippen molar-refractivity contribution in [3.8, 4) is 0 Å². The maximum absolute atomic E-state index is 13.8. The average Bonchev–Trinajstić information content (AvgIpc) is 3.31. The van der Waals surface area contributed by atoms with Gasteiger partial charge in [-0.1, -0.05) is 13.8 Å². The van der Waals surface area contributed by atoms with Gasteiger partial charge in [0.1, 0.15) is 25.6 Å². The van der Waals surface area contributed by atoms with Crippen LogP contribution >= 0.6 is 0 Å². The Morgan fingerprint density at radius 1 is 1.23 bits per heavy atom. The Hall–Kier alpha value is -2.40. The van der Waals surface area contributed by atoms with Crippen LogP contribution in [0, 0.1) is 28.6 Å². The fourth-order valence-electron chi connectivity index (χ4n) is 6.59. The molecule has 0 bridgehead atoms. The fourth-order valence-corrected chi connectivity index (χ4v) is 6.59. The quantitative estimate of drug-likeness (QED) is 0.327. The highest BCUT2D eigenvalue weighted by Crippen LogP contribution is 2.65. The first-order valence-corrected chi connectivity index (χ1v) is 11.5. The Morgan fingerprint density at radius 3 is 2.60 bits per heavy atom. The van der Waals surface area contributed by atoms with Crippen LogP contribution in [-0.4, -0.2) is 50.5 Å². The van der Waals surface area contributed by atoms with Gasteiger partial charge in [0.25, 0.3) is 0 Å². The molecule has 4 rings (SSSR count). The second-order valence-corrected chi connectivity index (χ2v) is 10.2. The minimum Gasteiger partial charge on any atom is -0.472 e. The van der Waals surface area contributed by atoms with Crippen LogP contribution in [0.3, 0.4) is 0 Å². The lowest BCUT2D eigenvalue weighted by Crippen LogP contribution is -2.64. The van der Waals surface area contributed by atoms with Gasteiger partial charge in [0.15, 0.2) is 5.78 Å². The molecule has 1 aromatic heterocycles. The van der Waals surface area contributed by atoms with Gasteiger partial charge in [-0.05, 0) is 42.6 Å². The smallest absolute Gasteiger partial charge is 0.411 e. The maximum Gasteiger partial charge on any atom is 0.411 e. The monoisotopic (exact) mass is 502 g/mol. The molecule has 0 radical (unpaired) electrons. The number of hydrogen-bond donors (Lipinski definition) is 0. The molecule has 2 aliphatic carbocycles. The summed E-state index contributed by atoms with van der Waals surface area (Å²) in [6, 6.07) is 1.69. The van der Waals surface area contributed by atoms with Crippen LogP contribution < -0.4 is 0 Å². The number of carbonyl (C=O) groups excluding carboxylic acids is 3. The topological polar surface area (TPSA) is 101 Å². The number of cyclic esters (lactones) is 1. The van der Waals surface area contributed by atoms with Crippen LogP contribution in [0.25, 0.3) is 0 Å². The summed E-state index contributed by atoms with van der Waals surface area (Å²) < 4.78 is 63.2. The van der Waals surface area contributed by atoms with Crippen LogP contribution in [0.2, 0.25) is 0 Å². The Balaban J connectivity index is 1.66. The van der Waals surface area contributed by atoms with Crippen molar-refractivity contribution in [1.29, 1.82) is 0 Å². The standard InChI is InChI=1S/C24H29F3O8/c1-22-6-4-14-21(30)35-17(13-5-7-32-10-13)9-23(14,2)19(22)18(28)16(8-15(22)20(29)31-3)34-12-33-11-24(25,26)27/h5,7,10,14-17,19H,4,6,8-9,11-12H2,1-3H3/t14-,15-,16-,17-,19-,22-,23-/m0/s1. The van der Waals surface area contributed by atoms with Gasteiger partial charge in [-0.3, -0.25) is 14.4 Å². The van der Waals surface area contributed by atoms with Crippen LogP contribution in [0.5, 0.6) is 0 Å². The molecule has 2 heterocycles. The third-order valence-corrected chi connectivity index (χ3v) is 8.12. The SMILES string of the molecule is COC(=O)[C@@H]1C[C@H](OCOCC(F)(F)F)C(=O)[C@H]2[C@@]1(C)CC[C@H]1C(=O)O[C@H](c3ccoc3)C[C@]21C. The molecular formula is C24H29F3O8. The Kier molecular flexibility index (Phi) is 6.78. The fraction of sp³-hybridized carbons (Fsp3) is 0.708. The van der Waals surface area contributed by atoms with E-state index < -0.39 is 72.3 Å². The molecule has 35 heavy (non-hydrogen) atoms. The van der Waals surface area contributed by atoms with E-state index >= 15 is 0 Å². The van der Waals surface area contributed by atoms with Crippen molar-refractivity contribution in [2.24, 2.45) is 28.6 Å². The second kappa shape index (κ2) is 9.24. The number of methoxy groups -OCH3 is 1. The van der Waals surface area contributed by atoms with Gasteiger partial charge in [0.2, 0.25) is 0 Å². The lowest BCUT2D eigenvalue weighted by atomic mass is 9.43. The normalized spacial score (nSPS) is 37.3. The van der Waals surface area contributed by atoms with Crippen molar-refractivity contribution in [2.75, 3.05) is 20.5 Å². The average molecular weight is 502 g/mol. The van der Waals surface area contributed by atoms with E-state index in [1.807, 2.05) is 13.8 Å². The molecule has 2 saturated carbocycles. The Morgan fingerprint density at radius 2 is 1.97 bits per heavy atom. The van der Waals surface area contributed by atoms with E-state index in [-0.39, 0.29) is 12.2 Å². The molecule has 7 atom stereocenters. The second-order valence-electron chi connectivity index (χ2n) is 10.2. The summed E-state index contributed by atoms with van der Waals surface area (Å²) >= 11 is 0. The summed E-state index contributed by atoms with van der Waals surface area (Å²) in [7, 11) is 1.25. The molecule has 0 N–H and O–H groups in total. The highest BCUT2D eigenvalue weighted by atomic mass is 19.4. The number of Topliss-reactive ketones (excluding diaryl/α,β-unsaturated/α-hetero) is 1. The number of ketones is 1. The van der Waals surface area contributed by atoms with E-state index in [9.17, 15) is 27.6 Å². The summed E-state index contributed by atoms with van der Waals surface area (Å²) in [5.74, 6) is -3.41. The highest BCUT2D eigenvalue weighted by Gasteiger charge is 2.67. The molecule has 11 heteroatoms. The zero-order valence-corrected chi connectivity index (χ0v) is 19.8. The number of alkyl halides is 3.